The van der Waals surface area contributed by atoms with Gasteiger partial charge < -0.3 is 5.11 Å². The van der Waals surface area contributed by atoms with Crippen LogP contribution in [0.2, 0.25) is 0 Å². The monoisotopic (exact) mass is 277 g/mol. The Morgan fingerprint density at radius 2 is 2.10 bits per heavy atom. The molecule has 1 aromatic rings. The zero-order valence-corrected chi connectivity index (χ0v) is 11.8. The third kappa shape index (κ3) is 2.59. The first-order valence-corrected chi connectivity index (χ1v) is 7.72. The van der Waals surface area contributed by atoms with Crippen LogP contribution in [0, 0.1) is 0 Å². The van der Waals surface area contributed by atoms with Crippen molar-refractivity contribution >= 4 is 5.97 Å². The lowest BCUT2D eigenvalue weighted by Gasteiger charge is -2.38. The molecule has 5 heteroatoms. The molecule has 0 atom stereocenters. The zero-order valence-electron chi connectivity index (χ0n) is 11.8. The molecule has 20 heavy (non-hydrogen) atoms. The lowest BCUT2D eigenvalue weighted by atomic mass is 9.77. The number of aliphatic carboxylic acids is 1. The fourth-order valence-corrected chi connectivity index (χ4v) is 3.28. The largest absolute Gasteiger partial charge is 0.480 e. The fraction of sp³-hybridized carbons (Fsp3) is 0.733. The van der Waals surface area contributed by atoms with Gasteiger partial charge in [-0.3, -0.25) is 14.8 Å². The quantitative estimate of drug-likeness (QED) is 0.867. The van der Waals surface area contributed by atoms with Gasteiger partial charge in [0, 0.05) is 12.7 Å². The first kappa shape index (κ1) is 13.6. The number of nitrogens with zero attached hydrogens (tertiary/aromatic N) is 2. The predicted molar refractivity (Wildman–Crippen MR) is 75.4 cm³/mol. The van der Waals surface area contributed by atoms with Crippen LogP contribution < -0.4 is 5.32 Å². The summed E-state index contributed by atoms with van der Waals surface area (Å²) < 4.78 is 2.07. The topological polar surface area (TPSA) is 67.2 Å². The number of aromatic nitrogens is 2. The summed E-state index contributed by atoms with van der Waals surface area (Å²) in [6.07, 6.45) is 10.9. The predicted octanol–water partition coefficient (Wildman–Crippen LogP) is 2.49. The molecule has 0 saturated heterocycles. The number of hydrogen-bond acceptors (Lipinski definition) is 3. The number of carboxylic acids is 1. The Morgan fingerprint density at radius 3 is 2.70 bits per heavy atom. The van der Waals surface area contributed by atoms with E-state index in [2.05, 4.69) is 15.1 Å². The lowest BCUT2D eigenvalue weighted by Crippen LogP contribution is -2.56. The number of carboxylic acid groups (broad SMARTS) is 1. The van der Waals surface area contributed by atoms with E-state index in [9.17, 15) is 9.90 Å². The van der Waals surface area contributed by atoms with Gasteiger partial charge in [0.25, 0.3) is 0 Å². The van der Waals surface area contributed by atoms with Gasteiger partial charge in [-0.2, -0.15) is 5.10 Å². The molecule has 3 rings (SSSR count). The van der Waals surface area contributed by atoms with Gasteiger partial charge in [0.2, 0.25) is 0 Å². The lowest BCUT2D eigenvalue weighted by molar-refractivity contribution is -0.148. The van der Waals surface area contributed by atoms with E-state index in [0.717, 1.165) is 25.0 Å². The second-order valence-corrected chi connectivity index (χ2v) is 6.17. The van der Waals surface area contributed by atoms with E-state index in [4.69, 9.17) is 0 Å². The van der Waals surface area contributed by atoms with Crippen LogP contribution in [-0.2, 0) is 11.3 Å². The first-order chi connectivity index (χ1) is 9.70. The highest BCUT2D eigenvalue weighted by Gasteiger charge is 2.43. The van der Waals surface area contributed by atoms with Gasteiger partial charge in [-0.25, -0.2) is 0 Å². The van der Waals surface area contributed by atoms with E-state index in [1.165, 1.54) is 32.1 Å². The van der Waals surface area contributed by atoms with E-state index >= 15 is 0 Å². The van der Waals surface area contributed by atoms with Gasteiger partial charge in [0.05, 0.1) is 11.7 Å². The third-order valence-corrected chi connectivity index (χ3v) is 4.84. The zero-order chi connectivity index (χ0) is 14.0. The minimum atomic E-state index is -0.726. The Morgan fingerprint density at radius 1 is 1.35 bits per heavy atom. The average Bonchev–Trinajstić information content (AvgIpc) is 2.87. The van der Waals surface area contributed by atoms with Crippen LogP contribution in [0.5, 0.6) is 0 Å². The highest BCUT2D eigenvalue weighted by molar-refractivity contribution is 5.79. The SMILES string of the molecule is O=C(O)C1(NCc2ccn(C3CCCCC3)n2)CCC1. The van der Waals surface area contributed by atoms with Gasteiger partial charge in [-0.05, 0) is 38.2 Å². The summed E-state index contributed by atoms with van der Waals surface area (Å²) in [7, 11) is 0. The maximum atomic E-state index is 11.3. The molecular formula is C15H23N3O2. The Bertz CT molecular complexity index is 473. The molecule has 2 aliphatic carbocycles. The molecule has 0 aromatic carbocycles. The van der Waals surface area contributed by atoms with Crippen LogP contribution in [0.1, 0.15) is 63.1 Å². The molecule has 0 amide bonds. The van der Waals surface area contributed by atoms with Gasteiger partial charge in [-0.1, -0.05) is 19.3 Å². The van der Waals surface area contributed by atoms with Crippen molar-refractivity contribution in [1.82, 2.24) is 15.1 Å². The highest BCUT2D eigenvalue weighted by atomic mass is 16.4. The Kier molecular flexibility index (Phi) is 3.78. The van der Waals surface area contributed by atoms with Crippen molar-refractivity contribution in [3.63, 3.8) is 0 Å². The van der Waals surface area contributed by atoms with Crippen LogP contribution >= 0.6 is 0 Å². The number of rotatable bonds is 5. The summed E-state index contributed by atoms with van der Waals surface area (Å²) in [5.41, 5.74) is 0.248. The molecule has 0 unspecified atom stereocenters. The maximum Gasteiger partial charge on any atom is 0.323 e. The van der Waals surface area contributed by atoms with E-state index in [1.807, 2.05) is 12.3 Å². The van der Waals surface area contributed by atoms with E-state index in [0.29, 0.717) is 12.6 Å². The molecule has 2 fully saturated rings. The molecule has 0 spiro atoms. The molecule has 1 aromatic heterocycles. The van der Waals surface area contributed by atoms with Gasteiger partial charge in [0.15, 0.2) is 0 Å². The smallest absolute Gasteiger partial charge is 0.323 e. The molecule has 1 heterocycles. The average molecular weight is 277 g/mol. The second-order valence-electron chi connectivity index (χ2n) is 6.17. The summed E-state index contributed by atoms with van der Waals surface area (Å²) in [6.45, 7) is 0.548. The number of nitrogens with one attached hydrogen (secondary N) is 1. The minimum Gasteiger partial charge on any atom is -0.480 e. The van der Waals surface area contributed by atoms with Crippen molar-refractivity contribution in [1.29, 1.82) is 0 Å². The molecule has 0 radical (unpaired) electrons. The summed E-state index contributed by atoms with van der Waals surface area (Å²) in [4.78, 5) is 11.3. The van der Waals surface area contributed by atoms with Crippen molar-refractivity contribution in [2.75, 3.05) is 0 Å². The van der Waals surface area contributed by atoms with Crippen LogP contribution in [0.15, 0.2) is 12.3 Å². The van der Waals surface area contributed by atoms with E-state index < -0.39 is 11.5 Å². The normalized spacial score (nSPS) is 22.4. The number of hydrogen-bond donors (Lipinski definition) is 2. The van der Waals surface area contributed by atoms with Crippen LogP contribution in [0.25, 0.3) is 0 Å². The molecule has 2 N–H and O–H groups in total. The maximum absolute atomic E-state index is 11.3. The van der Waals surface area contributed by atoms with Crippen molar-refractivity contribution < 1.29 is 9.90 Å². The standard InChI is InChI=1S/C15H23N3O2/c19-14(20)15(8-4-9-15)16-11-12-7-10-18(17-12)13-5-2-1-3-6-13/h7,10,13,16H,1-6,8-9,11H2,(H,19,20). The van der Waals surface area contributed by atoms with Gasteiger partial charge in [-0.15, -0.1) is 0 Å². The van der Waals surface area contributed by atoms with Gasteiger partial charge in [0.1, 0.15) is 5.54 Å². The van der Waals surface area contributed by atoms with E-state index in [-0.39, 0.29) is 0 Å². The molecule has 5 nitrogen and oxygen atoms in total. The van der Waals surface area contributed by atoms with Gasteiger partial charge >= 0.3 is 5.97 Å². The third-order valence-electron chi connectivity index (χ3n) is 4.84. The van der Waals surface area contributed by atoms with Crippen LogP contribution in [0.3, 0.4) is 0 Å². The molecule has 0 bridgehead atoms. The van der Waals surface area contributed by atoms with Crippen molar-refractivity contribution in [3.8, 4) is 0 Å². The second kappa shape index (κ2) is 5.56. The van der Waals surface area contributed by atoms with E-state index in [1.54, 1.807) is 0 Å². The summed E-state index contributed by atoms with van der Waals surface area (Å²) in [6, 6.07) is 2.55. The molecular weight excluding hydrogens is 254 g/mol. The molecule has 110 valence electrons. The Labute approximate surface area is 119 Å². The van der Waals surface area contributed by atoms with Crippen molar-refractivity contribution in [2.45, 2.75) is 69.5 Å². The fourth-order valence-electron chi connectivity index (χ4n) is 3.28. The van der Waals surface area contributed by atoms with Crippen LogP contribution in [-0.4, -0.2) is 26.4 Å². The van der Waals surface area contributed by atoms with Crippen molar-refractivity contribution in [3.05, 3.63) is 18.0 Å². The molecule has 0 aliphatic heterocycles. The number of carbonyl (C=O) groups is 1. The molecule has 2 aliphatic rings. The minimum absolute atomic E-state index is 0.537. The summed E-state index contributed by atoms with van der Waals surface area (Å²) in [5, 5.41) is 17.1. The Balaban J connectivity index is 1.58. The highest BCUT2D eigenvalue weighted by Crippen LogP contribution is 2.32. The summed E-state index contributed by atoms with van der Waals surface area (Å²) in [5.74, 6) is -0.726. The van der Waals surface area contributed by atoms with Crippen molar-refractivity contribution in [2.24, 2.45) is 0 Å². The first-order valence-electron chi connectivity index (χ1n) is 7.72. The van der Waals surface area contributed by atoms with Crippen LogP contribution in [0.4, 0.5) is 0 Å². The Hall–Kier alpha value is -1.36. The summed E-state index contributed by atoms with van der Waals surface area (Å²) >= 11 is 0. The molecule has 2 saturated carbocycles.